The number of carbonyl (C=O) groups excluding carboxylic acids is 1. The predicted molar refractivity (Wildman–Crippen MR) is 169 cm³/mol. The standard InChI is InChI=1S/C37H27FN4O3/c1-22-12-26-3-2-23(15-33(26)40-20-22)21-42-11-8-27-16-29(28-13-24(19-39)14-31(38)17-28)18-32(34(27)42)35(43)41-37(9-10-37)30-6-4-25(5-7-30)36(44)45/h2-8,11-18,20H,9-10,21H2,1H3,(H,41,43)(H,44,45). The molecule has 7 nitrogen and oxygen atoms in total. The fraction of sp³-hybridized carbons (Fsp3) is 0.135. The SMILES string of the molecule is Cc1cnc2cc(Cn3ccc4cc(-c5cc(F)cc(C#N)c5)cc(C(=O)NC5(c6ccc(C(=O)O)cc6)CC5)c43)ccc2c1. The number of hydrogen-bond donors (Lipinski definition) is 2. The molecule has 0 radical (unpaired) electrons. The van der Waals surface area contributed by atoms with Crippen LogP contribution in [0.15, 0.2) is 97.3 Å². The predicted octanol–water partition coefficient (Wildman–Crippen LogP) is 7.34. The van der Waals surface area contributed by atoms with Crippen molar-refractivity contribution in [2.24, 2.45) is 0 Å². The maximum Gasteiger partial charge on any atom is 0.335 e. The molecule has 220 valence electrons. The Labute approximate surface area is 258 Å². The van der Waals surface area contributed by atoms with Gasteiger partial charge in [0.25, 0.3) is 5.91 Å². The second kappa shape index (κ2) is 10.7. The highest BCUT2D eigenvalue weighted by atomic mass is 19.1. The van der Waals surface area contributed by atoms with Crippen molar-refractivity contribution < 1.29 is 19.1 Å². The number of rotatable bonds is 7. The summed E-state index contributed by atoms with van der Waals surface area (Å²) in [5, 5.41) is 23.8. The third kappa shape index (κ3) is 5.30. The molecule has 0 saturated heterocycles. The first-order valence-corrected chi connectivity index (χ1v) is 14.6. The number of nitriles is 1. The lowest BCUT2D eigenvalue weighted by Gasteiger charge is -2.20. The maximum atomic E-state index is 14.5. The molecule has 1 saturated carbocycles. The molecule has 1 fully saturated rings. The smallest absolute Gasteiger partial charge is 0.335 e. The summed E-state index contributed by atoms with van der Waals surface area (Å²) in [7, 11) is 0. The van der Waals surface area contributed by atoms with Crippen LogP contribution in [0.2, 0.25) is 0 Å². The van der Waals surface area contributed by atoms with E-state index < -0.39 is 17.3 Å². The maximum absolute atomic E-state index is 14.5. The Morgan fingerprint density at radius 3 is 2.49 bits per heavy atom. The van der Waals surface area contributed by atoms with E-state index in [1.807, 2.05) is 54.2 Å². The number of carboxylic acids is 1. The highest BCUT2D eigenvalue weighted by Crippen LogP contribution is 2.46. The molecule has 0 atom stereocenters. The van der Waals surface area contributed by atoms with Crippen molar-refractivity contribution in [2.45, 2.75) is 31.8 Å². The zero-order valence-electron chi connectivity index (χ0n) is 24.3. The number of benzene rings is 4. The van der Waals surface area contributed by atoms with Gasteiger partial charge in [-0.05, 0) is 108 Å². The van der Waals surface area contributed by atoms with Crippen LogP contribution in [0.3, 0.4) is 0 Å². The number of carbonyl (C=O) groups is 2. The first-order chi connectivity index (χ1) is 21.7. The molecule has 7 rings (SSSR count). The quantitative estimate of drug-likeness (QED) is 0.201. The average molecular weight is 595 g/mol. The van der Waals surface area contributed by atoms with E-state index in [0.29, 0.717) is 36.1 Å². The minimum Gasteiger partial charge on any atom is -0.478 e. The molecule has 45 heavy (non-hydrogen) atoms. The van der Waals surface area contributed by atoms with Gasteiger partial charge in [-0.3, -0.25) is 9.78 Å². The molecular weight excluding hydrogens is 567 g/mol. The number of fused-ring (bicyclic) bond motifs is 2. The van der Waals surface area contributed by atoms with Gasteiger partial charge in [-0.15, -0.1) is 0 Å². The van der Waals surface area contributed by atoms with Crippen LogP contribution in [0.5, 0.6) is 0 Å². The Morgan fingerprint density at radius 1 is 0.978 bits per heavy atom. The van der Waals surface area contributed by atoms with Gasteiger partial charge >= 0.3 is 5.97 Å². The Hall–Kier alpha value is -5.81. The van der Waals surface area contributed by atoms with Crippen LogP contribution in [0, 0.1) is 24.1 Å². The topological polar surface area (TPSA) is 108 Å². The molecule has 1 aliphatic rings. The summed E-state index contributed by atoms with van der Waals surface area (Å²) in [6.07, 6.45) is 5.21. The molecule has 6 aromatic rings. The third-order valence-corrected chi connectivity index (χ3v) is 8.49. The molecular formula is C37H27FN4O3. The molecule has 0 spiro atoms. The molecule has 0 aliphatic heterocycles. The van der Waals surface area contributed by atoms with Gasteiger partial charge in [0.1, 0.15) is 5.82 Å². The van der Waals surface area contributed by atoms with Crippen molar-refractivity contribution in [3.8, 4) is 17.2 Å². The summed E-state index contributed by atoms with van der Waals surface area (Å²) < 4.78 is 16.5. The summed E-state index contributed by atoms with van der Waals surface area (Å²) in [6.45, 7) is 2.50. The number of halogens is 1. The lowest BCUT2D eigenvalue weighted by molar-refractivity contribution is 0.0696. The van der Waals surface area contributed by atoms with Crippen LogP contribution in [0.4, 0.5) is 4.39 Å². The normalized spacial score (nSPS) is 13.4. The van der Waals surface area contributed by atoms with Crippen LogP contribution in [-0.2, 0) is 12.1 Å². The molecule has 2 heterocycles. The van der Waals surface area contributed by atoms with Gasteiger partial charge in [-0.25, -0.2) is 9.18 Å². The lowest BCUT2D eigenvalue weighted by Crippen LogP contribution is -2.35. The first-order valence-electron chi connectivity index (χ1n) is 14.6. The Balaban J connectivity index is 1.31. The molecule has 8 heteroatoms. The molecule has 1 aliphatic carbocycles. The monoisotopic (exact) mass is 594 g/mol. The van der Waals surface area contributed by atoms with Crippen LogP contribution >= 0.6 is 0 Å². The van der Waals surface area contributed by atoms with E-state index in [1.54, 1.807) is 36.4 Å². The Kier molecular flexibility index (Phi) is 6.67. The lowest BCUT2D eigenvalue weighted by atomic mass is 9.97. The number of aryl methyl sites for hydroxylation is 1. The zero-order chi connectivity index (χ0) is 31.3. The van der Waals surface area contributed by atoms with Gasteiger partial charge in [-0.1, -0.05) is 24.3 Å². The van der Waals surface area contributed by atoms with Crippen molar-refractivity contribution in [3.63, 3.8) is 0 Å². The van der Waals surface area contributed by atoms with Crippen molar-refractivity contribution >= 4 is 33.7 Å². The fourth-order valence-electron chi connectivity index (χ4n) is 6.04. The van der Waals surface area contributed by atoms with Crippen LogP contribution < -0.4 is 5.32 Å². The Bertz CT molecular complexity index is 2210. The van der Waals surface area contributed by atoms with Gasteiger partial charge in [0.15, 0.2) is 0 Å². The van der Waals surface area contributed by atoms with Crippen molar-refractivity contribution in [2.75, 3.05) is 0 Å². The van der Waals surface area contributed by atoms with Gasteiger partial charge in [0.05, 0.1) is 39.3 Å². The van der Waals surface area contributed by atoms with Crippen molar-refractivity contribution in [1.82, 2.24) is 14.9 Å². The van der Waals surface area contributed by atoms with Crippen LogP contribution in [0.1, 0.15) is 55.8 Å². The fourth-order valence-corrected chi connectivity index (χ4v) is 6.04. The summed E-state index contributed by atoms with van der Waals surface area (Å²) in [5.74, 6) is -1.84. The van der Waals surface area contributed by atoms with Gasteiger partial charge in [-0.2, -0.15) is 5.26 Å². The van der Waals surface area contributed by atoms with Crippen molar-refractivity contribution in [3.05, 3.63) is 137 Å². The van der Waals surface area contributed by atoms with E-state index in [0.717, 1.165) is 38.5 Å². The van der Waals surface area contributed by atoms with Gasteiger partial charge in [0.2, 0.25) is 0 Å². The van der Waals surface area contributed by atoms with Gasteiger partial charge in [0, 0.05) is 29.7 Å². The van der Waals surface area contributed by atoms with E-state index >= 15 is 0 Å². The summed E-state index contributed by atoms with van der Waals surface area (Å²) in [5.41, 5.74) is 5.85. The average Bonchev–Trinajstić information content (AvgIpc) is 3.71. The van der Waals surface area contributed by atoms with Crippen LogP contribution in [-0.4, -0.2) is 26.5 Å². The number of pyridine rings is 1. The van der Waals surface area contributed by atoms with Crippen molar-refractivity contribution in [1.29, 1.82) is 5.26 Å². The highest BCUT2D eigenvalue weighted by molar-refractivity contribution is 6.08. The van der Waals surface area contributed by atoms with Crippen LogP contribution in [0.25, 0.3) is 32.9 Å². The van der Waals surface area contributed by atoms with E-state index in [-0.39, 0.29) is 17.0 Å². The van der Waals surface area contributed by atoms with Gasteiger partial charge < -0.3 is 15.0 Å². The Morgan fingerprint density at radius 2 is 1.76 bits per heavy atom. The number of hydrogen-bond acceptors (Lipinski definition) is 4. The minimum atomic E-state index is -1.01. The first kappa shape index (κ1) is 28.0. The largest absolute Gasteiger partial charge is 0.478 e. The number of carboxylic acid groups (broad SMARTS) is 1. The number of aromatic nitrogens is 2. The molecule has 4 aromatic carbocycles. The van der Waals surface area contributed by atoms with E-state index in [4.69, 9.17) is 0 Å². The number of nitrogens with zero attached hydrogens (tertiary/aromatic N) is 3. The number of nitrogens with one attached hydrogen (secondary N) is 1. The molecule has 0 bridgehead atoms. The van der Waals surface area contributed by atoms with E-state index in [1.165, 1.54) is 12.1 Å². The second-order valence-corrected chi connectivity index (χ2v) is 11.7. The van der Waals surface area contributed by atoms with E-state index in [2.05, 4.69) is 22.4 Å². The summed E-state index contributed by atoms with van der Waals surface area (Å²) >= 11 is 0. The highest BCUT2D eigenvalue weighted by Gasteiger charge is 2.46. The minimum absolute atomic E-state index is 0.180. The molecule has 2 aromatic heterocycles. The third-order valence-electron chi connectivity index (χ3n) is 8.49. The van der Waals surface area contributed by atoms with E-state index in [9.17, 15) is 24.3 Å². The molecule has 1 amide bonds. The molecule has 2 N–H and O–H groups in total. The number of amides is 1. The summed E-state index contributed by atoms with van der Waals surface area (Å²) in [6, 6.07) is 26.6. The second-order valence-electron chi connectivity index (χ2n) is 11.7. The zero-order valence-corrected chi connectivity index (χ0v) is 24.3. The number of aromatic carboxylic acids is 1. The molecule has 0 unspecified atom stereocenters. The summed E-state index contributed by atoms with van der Waals surface area (Å²) in [4.78, 5) is 30.1.